The van der Waals surface area contributed by atoms with Gasteiger partial charge in [-0.1, -0.05) is 24.3 Å². The highest BCUT2D eigenvalue weighted by Gasteiger charge is 2.35. The Morgan fingerprint density at radius 1 is 0.261 bits per heavy atom. The van der Waals surface area contributed by atoms with E-state index in [1.54, 1.807) is 48.5 Å². The average Bonchev–Trinajstić information content (AvgIpc) is 3.52. The van der Waals surface area contributed by atoms with Gasteiger partial charge >= 0.3 is 0 Å². The van der Waals surface area contributed by atoms with E-state index in [-0.39, 0.29) is 23.3 Å². The second-order valence-corrected chi connectivity index (χ2v) is 10.8. The van der Waals surface area contributed by atoms with Crippen LogP contribution in [0.4, 0.5) is 40.3 Å². The molecule has 0 N–H and O–H groups in total. The molecule has 0 aromatic heterocycles. The fraction of sp³-hybridized carbons (Fsp3) is 0. The lowest BCUT2D eigenvalue weighted by atomic mass is 10.00. The van der Waals surface area contributed by atoms with E-state index in [9.17, 15) is 17.6 Å². The van der Waals surface area contributed by atoms with Crippen LogP contribution in [0.15, 0.2) is 141 Å². The van der Waals surface area contributed by atoms with Gasteiger partial charge in [0.15, 0.2) is 0 Å². The van der Waals surface area contributed by atoms with Gasteiger partial charge in [-0.2, -0.15) is 0 Å². The standard InChI is InChI=1S/C38H20F4N4/c39-21-1-9-25(10-2-21)43-35-29-17-18-31-34-32(20-19-30(33(29)34)36(35)44-26-11-3-22(40)4-12-26)38(46-28-15-7-24(42)8-16-28)37(31)45-27-13-5-23(41)6-14-27/h1-20H. The highest BCUT2D eigenvalue weighted by atomic mass is 19.1. The van der Waals surface area contributed by atoms with Gasteiger partial charge in [0.2, 0.25) is 0 Å². The van der Waals surface area contributed by atoms with E-state index in [2.05, 4.69) is 0 Å². The molecular formula is C38H20F4N4. The summed E-state index contributed by atoms with van der Waals surface area (Å²) in [6.07, 6.45) is 0. The molecular weight excluding hydrogens is 588 g/mol. The minimum atomic E-state index is -0.373. The summed E-state index contributed by atoms with van der Waals surface area (Å²) in [6.45, 7) is 0. The maximum Gasteiger partial charge on any atom is 0.123 e. The highest BCUT2D eigenvalue weighted by Crippen LogP contribution is 2.42. The smallest absolute Gasteiger partial charge is 0.123 e. The number of hydrogen-bond acceptors (Lipinski definition) is 4. The molecule has 0 heterocycles. The summed E-state index contributed by atoms with van der Waals surface area (Å²) in [5, 5.41) is 1.76. The lowest BCUT2D eigenvalue weighted by Crippen LogP contribution is -2.12. The van der Waals surface area contributed by atoms with Crippen LogP contribution in [-0.2, 0) is 0 Å². The number of rotatable bonds is 4. The van der Waals surface area contributed by atoms with Crippen LogP contribution in [0.3, 0.4) is 0 Å². The quantitative estimate of drug-likeness (QED) is 0.179. The van der Waals surface area contributed by atoms with E-state index in [1.807, 2.05) is 24.3 Å². The Hall–Kier alpha value is -6.02. The number of aliphatic imine (C=N–C) groups is 4. The van der Waals surface area contributed by atoms with Crippen molar-refractivity contribution in [3.8, 4) is 0 Å². The van der Waals surface area contributed by atoms with Crippen molar-refractivity contribution in [1.82, 2.24) is 0 Å². The first-order chi connectivity index (χ1) is 22.4. The van der Waals surface area contributed by atoms with Gasteiger partial charge in [-0.3, -0.25) is 0 Å². The second kappa shape index (κ2) is 10.9. The molecule has 0 unspecified atom stereocenters. The first-order valence-corrected chi connectivity index (χ1v) is 14.4. The van der Waals surface area contributed by atoms with Crippen molar-refractivity contribution in [2.24, 2.45) is 20.0 Å². The first-order valence-electron chi connectivity index (χ1n) is 14.4. The summed E-state index contributed by atoms with van der Waals surface area (Å²) in [7, 11) is 0. The van der Waals surface area contributed by atoms with Gasteiger partial charge in [-0.05, 0) is 97.1 Å². The number of nitrogens with zero attached hydrogens (tertiary/aromatic N) is 4. The van der Waals surface area contributed by atoms with Crippen LogP contribution >= 0.6 is 0 Å². The SMILES string of the molecule is Fc1ccc(N=C2C(=Nc3ccc(F)cc3)c3ccc4c5c(ccc2c35)C(=Nc2ccc(F)cc2)C4=Nc2ccc(F)cc2)cc1. The number of hydrogen-bond donors (Lipinski definition) is 0. The minimum absolute atomic E-state index is 0.373. The predicted octanol–water partition coefficient (Wildman–Crippen LogP) is 9.91. The van der Waals surface area contributed by atoms with Crippen molar-refractivity contribution in [3.63, 3.8) is 0 Å². The van der Waals surface area contributed by atoms with E-state index in [4.69, 9.17) is 20.0 Å². The maximum absolute atomic E-state index is 13.8. The lowest BCUT2D eigenvalue weighted by molar-refractivity contribution is 0.627. The largest absolute Gasteiger partial charge is 0.246 e. The molecule has 46 heavy (non-hydrogen) atoms. The molecule has 6 aromatic carbocycles. The minimum Gasteiger partial charge on any atom is -0.246 e. The summed E-state index contributed by atoms with van der Waals surface area (Å²) >= 11 is 0. The molecule has 0 saturated carbocycles. The van der Waals surface area contributed by atoms with Gasteiger partial charge in [0, 0.05) is 33.0 Å². The van der Waals surface area contributed by atoms with Gasteiger partial charge in [-0.25, -0.2) is 37.5 Å². The molecule has 6 aromatic rings. The van der Waals surface area contributed by atoms with Crippen molar-refractivity contribution in [2.75, 3.05) is 0 Å². The molecule has 0 saturated heterocycles. The molecule has 0 fully saturated rings. The average molecular weight is 609 g/mol. The zero-order valence-corrected chi connectivity index (χ0v) is 23.8. The van der Waals surface area contributed by atoms with Gasteiger partial charge in [-0.15, -0.1) is 0 Å². The van der Waals surface area contributed by atoms with Crippen molar-refractivity contribution >= 4 is 56.4 Å². The Kier molecular flexibility index (Phi) is 6.49. The molecule has 0 atom stereocenters. The summed E-state index contributed by atoms with van der Waals surface area (Å²) in [5.74, 6) is -1.49. The van der Waals surface area contributed by atoms with E-state index in [1.165, 1.54) is 48.5 Å². The third-order valence-corrected chi connectivity index (χ3v) is 7.90. The molecule has 8 rings (SSSR count). The third-order valence-electron chi connectivity index (χ3n) is 7.90. The zero-order valence-electron chi connectivity index (χ0n) is 23.8. The summed E-state index contributed by atoms with van der Waals surface area (Å²) in [5.41, 5.74) is 7.73. The van der Waals surface area contributed by atoms with E-state index in [0.717, 1.165) is 33.0 Å². The third kappa shape index (κ3) is 4.80. The van der Waals surface area contributed by atoms with Crippen LogP contribution in [-0.4, -0.2) is 22.8 Å². The summed E-state index contributed by atoms with van der Waals surface area (Å²) in [4.78, 5) is 19.7. The Labute approximate surface area is 260 Å². The monoisotopic (exact) mass is 608 g/mol. The van der Waals surface area contributed by atoms with Gasteiger partial charge < -0.3 is 0 Å². The van der Waals surface area contributed by atoms with Crippen molar-refractivity contribution in [1.29, 1.82) is 0 Å². The van der Waals surface area contributed by atoms with Crippen LogP contribution in [0.5, 0.6) is 0 Å². The van der Waals surface area contributed by atoms with Gasteiger partial charge in [0.1, 0.15) is 23.3 Å². The normalized spacial score (nSPS) is 16.9. The summed E-state index contributed by atoms with van der Waals surface area (Å²) < 4.78 is 55.0. The maximum atomic E-state index is 13.8. The van der Waals surface area contributed by atoms with Crippen molar-refractivity contribution < 1.29 is 17.6 Å². The van der Waals surface area contributed by atoms with E-state index < -0.39 is 0 Å². The Bertz CT molecular complexity index is 1980. The fourth-order valence-electron chi connectivity index (χ4n) is 5.83. The van der Waals surface area contributed by atoms with E-state index >= 15 is 0 Å². The van der Waals surface area contributed by atoms with Crippen LogP contribution in [0.2, 0.25) is 0 Å². The summed E-state index contributed by atoms with van der Waals surface area (Å²) in [6, 6.07) is 31.3. The van der Waals surface area contributed by atoms with Crippen molar-refractivity contribution in [2.45, 2.75) is 0 Å². The lowest BCUT2D eigenvalue weighted by Gasteiger charge is -2.06. The van der Waals surface area contributed by atoms with Crippen LogP contribution < -0.4 is 0 Å². The first kappa shape index (κ1) is 27.5. The molecule has 0 radical (unpaired) electrons. The Balaban J connectivity index is 1.40. The molecule has 4 nitrogen and oxygen atoms in total. The van der Waals surface area contributed by atoms with E-state index in [0.29, 0.717) is 45.6 Å². The van der Waals surface area contributed by atoms with Gasteiger partial charge in [0.25, 0.3) is 0 Å². The van der Waals surface area contributed by atoms with Crippen LogP contribution in [0, 0.1) is 23.3 Å². The molecule has 2 aliphatic rings. The Morgan fingerprint density at radius 2 is 0.457 bits per heavy atom. The topological polar surface area (TPSA) is 49.4 Å². The molecule has 0 spiro atoms. The predicted molar refractivity (Wildman–Crippen MR) is 174 cm³/mol. The molecule has 2 aliphatic carbocycles. The molecule has 0 aliphatic heterocycles. The van der Waals surface area contributed by atoms with Crippen LogP contribution in [0.25, 0.3) is 10.8 Å². The van der Waals surface area contributed by atoms with Gasteiger partial charge in [0.05, 0.1) is 45.6 Å². The Morgan fingerprint density at radius 3 is 0.652 bits per heavy atom. The molecule has 220 valence electrons. The number of halogens is 4. The number of benzene rings is 6. The highest BCUT2D eigenvalue weighted by molar-refractivity contribution is 6.66. The van der Waals surface area contributed by atoms with Crippen LogP contribution in [0.1, 0.15) is 22.3 Å². The van der Waals surface area contributed by atoms with Crippen molar-refractivity contribution in [3.05, 3.63) is 167 Å². The second-order valence-electron chi connectivity index (χ2n) is 10.8. The molecule has 0 bridgehead atoms. The zero-order chi connectivity index (χ0) is 31.4. The fourth-order valence-corrected chi connectivity index (χ4v) is 5.83. The molecule has 8 heteroatoms. The molecule has 0 amide bonds.